The Hall–Kier alpha value is -2.42. The van der Waals surface area contributed by atoms with Crippen LogP contribution < -0.4 is 15.4 Å². The molecule has 0 saturated carbocycles. The summed E-state index contributed by atoms with van der Waals surface area (Å²) in [4.78, 5) is 27.6. The first kappa shape index (κ1) is 20.3. The molecule has 2 aromatic rings. The molecule has 0 spiro atoms. The van der Waals surface area contributed by atoms with E-state index in [2.05, 4.69) is 15.5 Å². The van der Waals surface area contributed by atoms with Crippen molar-refractivity contribution in [2.45, 2.75) is 12.6 Å². The second kappa shape index (κ2) is 10.2. The molecule has 1 aliphatic heterocycles. The minimum Gasteiger partial charge on any atom is -0.497 e. The Bertz CT molecular complexity index is 776. The smallest absolute Gasteiger partial charge is 0.309 e. The molecule has 0 aliphatic carbocycles. The highest BCUT2D eigenvalue weighted by Crippen LogP contribution is 2.24. The van der Waals surface area contributed by atoms with Crippen LogP contribution in [0.2, 0.25) is 0 Å². The lowest BCUT2D eigenvalue weighted by Gasteiger charge is -2.35. The number of ether oxygens (including phenoxy) is 2. The topological polar surface area (TPSA) is 79.9 Å². The zero-order valence-electron chi connectivity index (χ0n) is 15.8. The molecule has 1 atom stereocenters. The molecule has 1 aromatic heterocycles. The van der Waals surface area contributed by atoms with E-state index in [-0.39, 0.29) is 6.04 Å². The van der Waals surface area contributed by atoms with Gasteiger partial charge in [0.05, 0.1) is 32.9 Å². The molecule has 1 fully saturated rings. The van der Waals surface area contributed by atoms with E-state index < -0.39 is 11.8 Å². The van der Waals surface area contributed by atoms with Crippen LogP contribution in [-0.2, 0) is 20.9 Å². The van der Waals surface area contributed by atoms with Crippen LogP contribution in [0.5, 0.6) is 5.75 Å². The van der Waals surface area contributed by atoms with E-state index in [4.69, 9.17) is 9.47 Å². The monoisotopic (exact) mass is 403 g/mol. The Morgan fingerprint density at radius 1 is 1.18 bits per heavy atom. The van der Waals surface area contributed by atoms with E-state index in [0.29, 0.717) is 26.3 Å². The van der Waals surface area contributed by atoms with Crippen LogP contribution in [-0.4, -0.2) is 56.7 Å². The van der Waals surface area contributed by atoms with Crippen molar-refractivity contribution in [3.05, 3.63) is 52.2 Å². The number of nitrogens with one attached hydrogen (secondary N) is 2. The highest BCUT2D eigenvalue weighted by atomic mass is 32.1. The van der Waals surface area contributed by atoms with Gasteiger partial charge in [-0.2, -0.15) is 0 Å². The van der Waals surface area contributed by atoms with E-state index in [1.807, 2.05) is 41.8 Å². The molecule has 2 amide bonds. The largest absolute Gasteiger partial charge is 0.497 e. The first-order valence-corrected chi connectivity index (χ1v) is 10.1. The number of nitrogens with zero attached hydrogens (tertiary/aromatic N) is 1. The minimum absolute atomic E-state index is 0.0620. The molecule has 2 heterocycles. The number of carbonyl (C=O) groups excluding carboxylic acids is 2. The molecule has 0 radical (unpaired) electrons. The maximum absolute atomic E-state index is 12.3. The summed E-state index contributed by atoms with van der Waals surface area (Å²) in [6.45, 7) is 3.52. The summed E-state index contributed by atoms with van der Waals surface area (Å²) in [7, 11) is 1.63. The SMILES string of the molecule is COc1cccc([C@H](CNC(=O)C(=O)NCc2cccs2)N2CCOCC2)c1. The average molecular weight is 404 g/mol. The zero-order chi connectivity index (χ0) is 19.8. The average Bonchev–Trinajstić information content (AvgIpc) is 3.26. The normalized spacial score (nSPS) is 15.6. The summed E-state index contributed by atoms with van der Waals surface area (Å²) in [5.41, 5.74) is 1.03. The van der Waals surface area contributed by atoms with Gasteiger partial charge in [0.1, 0.15) is 5.75 Å². The molecule has 0 bridgehead atoms. The number of amides is 2. The minimum atomic E-state index is -0.627. The molecular weight excluding hydrogens is 378 g/mol. The number of carbonyl (C=O) groups is 2. The predicted molar refractivity (Wildman–Crippen MR) is 107 cm³/mol. The maximum Gasteiger partial charge on any atom is 0.309 e. The predicted octanol–water partition coefficient (Wildman–Crippen LogP) is 1.56. The van der Waals surface area contributed by atoms with Crippen molar-refractivity contribution in [1.29, 1.82) is 0 Å². The fourth-order valence-corrected chi connectivity index (χ4v) is 3.77. The van der Waals surface area contributed by atoms with Crippen molar-refractivity contribution in [2.75, 3.05) is 40.0 Å². The van der Waals surface area contributed by atoms with Gasteiger partial charge >= 0.3 is 11.8 Å². The Kier molecular flexibility index (Phi) is 7.41. The summed E-state index contributed by atoms with van der Waals surface area (Å²) >= 11 is 1.54. The van der Waals surface area contributed by atoms with Crippen LogP contribution in [0.25, 0.3) is 0 Å². The summed E-state index contributed by atoms with van der Waals surface area (Å²) in [6, 6.07) is 11.5. The van der Waals surface area contributed by atoms with Gasteiger partial charge in [-0.05, 0) is 29.1 Å². The van der Waals surface area contributed by atoms with Crippen LogP contribution in [0.3, 0.4) is 0 Å². The molecule has 8 heteroatoms. The van der Waals surface area contributed by atoms with Crippen LogP contribution in [0.1, 0.15) is 16.5 Å². The van der Waals surface area contributed by atoms with Crippen LogP contribution in [0.4, 0.5) is 0 Å². The van der Waals surface area contributed by atoms with Gasteiger partial charge < -0.3 is 20.1 Å². The molecule has 1 aliphatic rings. The lowest BCUT2D eigenvalue weighted by Crippen LogP contribution is -2.46. The third kappa shape index (κ3) is 5.54. The standard InChI is InChI=1S/C20H25N3O4S/c1-26-16-5-2-4-15(12-16)18(23-7-9-27-10-8-23)14-22-20(25)19(24)21-13-17-6-3-11-28-17/h2-6,11-12,18H,7-10,13-14H2,1H3,(H,21,24)(H,22,25)/t18-/m0/s1. The number of morpholine rings is 1. The van der Waals surface area contributed by atoms with E-state index in [0.717, 1.165) is 29.3 Å². The van der Waals surface area contributed by atoms with E-state index >= 15 is 0 Å². The summed E-state index contributed by atoms with van der Waals surface area (Å²) in [6.07, 6.45) is 0. The fraction of sp³-hybridized carbons (Fsp3) is 0.400. The van der Waals surface area contributed by atoms with Crippen molar-refractivity contribution < 1.29 is 19.1 Å². The molecule has 1 saturated heterocycles. The summed E-state index contributed by atoms with van der Waals surface area (Å²) in [5.74, 6) is -0.492. The molecule has 0 unspecified atom stereocenters. The Morgan fingerprint density at radius 2 is 1.96 bits per heavy atom. The number of rotatable bonds is 7. The van der Waals surface area contributed by atoms with Gasteiger partial charge in [0, 0.05) is 24.5 Å². The first-order chi connectivity index (χ1) is 13.7. The zero-order valence-corrected chi connectivity index (χ0v) is 16.7. The highest BCUT2D eigenvalue weighted by molar-refractivity contribution is 7.09. The van der Waals surface area contributed by atoms with Gasteiger partial charge in [0.2, 0.25) is 0 Å². The van der Waals surface area contributed by atoms with Crippen LogP contribution >= 0.6 is 11.3 Å². The van der Waals surface area contributed by atoms with Gasteiger partial charge in [-0.15, -0.1) is 11.3 Å². The number of methoxy groups -OCH3 is 1. The fourth-order valence-electron chi connectivity index (χ4n) is 3.13. The van der Waals surface area contributed by atoms with Crippen molar-refractivity contribution in [1.82, 2.24) is 15.5 Å². The lowest BCUT2D eigenvalue weighted by atomic mass is 10.0. The maximum atomic E-state index is 12.3. The first-order valence-electron chi connectivity index (χ1n) is 9.21. The summed E-state index contributed by atoms with van der Waals surface area (Å²) in [5, 5.41) is 7.36. The third-order valence-corrected chi connectivity index (χ3v) is 5.51. The van der Waals surface area contributed by atoms with Gasteiger partial charge in [-0.3, -0.25) is 14.5 Å². The van der Waals surface area contributed by atoms with Crippen molar-refractivity contribution in [3.63, 3.8) is 0 Å². The molecule has 28 heavy (non-hydrogen) atoms. The van der Waals surface area contributed by atoms with Crippen LogP contribution in [0, 0.1) is 0 Å². The summed E-state index contributed by atoms with van der Waals surface area (Å²) < 4.78 is 10.8. The van der Waals surface area contributed by atoms with Crippen molar-refractivity contribution >= 4 is 23.2 Å². The number of thiophene rings is 1. The van der Waals surface area contributed by atoms with E-state index in [9.17, 15) is 9.59 Å². The molecule has 1 aromatic carbocycles. The van der Waals surface area contributed by atoms with Crippen molar-refractivity contribution in [3.8, 4) is 5.75 Å². The molecule has 150 valence electrons. The number of benzene rings is 1. The van der Waals surface area contributed by atoms with Gasteiger partial charge in [-0.1, -0.05) is 18.2 Å². The highest BCUT2D eigenvalue weighted by Gasteiger charge is 2.24. The number of hydrogen-bond acceptors (Lipinski definition) is 6. The number of hydrogen-bond donors (Lipinski definition) is 2. The Labute approximate surface area is 168 Å². The van der Waals surface area contributed by atoms with E-state index in [1.54, 1.807) is 7.11 Å². The van der Waals surface area contributed by atoms with Crippen molar-refractivity contribution in [2.24, 2.45) is 0 Å². The lowest BCUT2D eigenvalue weighted by molar-refractivity contribution is -0.139. The third-order valence-electron chi connectivity index (χ3n) is 4.63. The van der Waals surface area contributed by atoms with Gasteiger partial charge in [0.15, 0.2) is 0 Å². The molecule has 3 rings (SSSR count). The van der Waals surface area contributed by atoms with Gasteiger partial charge in [-0.25, -0.2) is 0 Å². The van der Waals surface area contributed by atoms with Crippen LogP contribution in [0.15, 0.2) is 41.8 Å². The van der Waals surface area contributed by atoms with E-state index in [1.165, 1.54) is 11.3 Å². The second-order valence-electron chi connectivity index (χ2n) is 6.41. The molecule has 2 N–H and O–H groups in total. The Morgan fingerprint density at radius 3 is 2.68 bits per heavy atom. The quantitative estimate of drug-likeness (QED) is 0.686. The van der Waals surface area contributed by atoms with Gasteiger partial charge in [0.25, 0.3) is 0 Å². The Balaban J connectivity index is 1.61. The molecule has 7 nitrogen and oxygen atoms in total. The molecular formula is C20H25N3O4S. The second-order valence-corrected chi connectivity index (χ2v) is 7.45.